The molecule has 1 saturated heterocycles. The first-order valence-corrected chi connectivity index (χ1v) is 10.3. The standard InChI is InChI=1S/C21H26N2OS/c1-15-5-10-19-16(13-15)14-20(25-19)21(24)22-17-6-8-18(9-7-17)23-11-3-2-4-12-23/h6-9,14-15H,2-5,10-13H2,1H3,(H,22,24). The van der Waals surface area contributed by atoms with E-state index < -0.39 is 0 Å². The van der Waals surface area contributed by atoms with Crippen molar-refractivity contribution in [2.24, 2.45) is 5.92 Å². The van der Waals surface area contributed by atoms with Crippen LogP contribution in [0.2, 0.25) is 0 Å². The van der Waals surface area contributed by atoms with Crippen molar-refractivity contribution in [3.05, 3.63) is 45.6 Å². The van der Waals surface area contributed by atoms with Crippen LogP contribution in [0.25, 0.3) is 0 Å². The van der Waals surface area contributed by atoms with Gasteiger partial charge in [0.25, 0.3) is 5.91 Å². The zero-order valence-electron chi connectivity index (χ0n) is 14.9. The van der Waals surface area contributed by atoms with Gasteiger partial charge >= 0.3 is 0 Å². The number of thiophene rings is 1. The van der Waals surface area contributed by atoms with Crippen molar-refractivity contribution in [2.75, 3.05) is 23.3 Å². The van der Waals surface area contributed by atoms with Crippen molar-refractivity contribution in [3.8, 4) is 0 Å². The molecule has 1 aromatic heterocycles. The topological polar surface area (TPSA) is 32.3 Å². The van der Waals surface area contributed by atoms with Gasteiger partial charge < -0.3 is 10.2 Å². The fraction of sp³-hybridized carbons (Fsp3) is 0.476. The number of fused-ring (bicyclic) bond motifs is 1. The van der Waals surface area contributed by atoms with Gasteiger partial charge in [-0.3, -0.25) is 4.79 Å². The van der Waals surface area contributed by atoms with Gasteiger partial charge in [0.2, 0.25) is 0 Å². The van der Waals surface area contributed by atoms with E-state index in [1.807, 2.05) is 12.1 Å². The summed E-state index contributed by atoms with van der Waals surface area (Å²) in [5, 5.41) is 3.06. The number of hydrogen-bond donors (Lipinski definition) is 1. The summed E-state index contributed by atoms with van der Waals surface area (Å²) in [6.45, 7) is 4.58. The lowest BCUT2D eigenvalue weighted by Crippen LogP contribution is -2.29. The van der Waals surface area contributed by atoms with Gasteiger partial charge in [0.05, 0.1) is 4.88 Å². The SMILES string of the molecule is CC1CCc2sc(C(=O)Nc3ccc(N4CCCCC4)cc3)cc2C1. The normalized spacial score (nSPS) is 20.2. The number of amides is 1. The van der Waals surface area contributed by atoms with Gasteiger partial charge in [-0.15, -0.1) is 11.3 Å². The number of rotatable bonds is 3. The molecule has 1 fully saturated rings. The van der Waals surface area contributed by atoms with Crippen LogP contribution < -0.4 is 10.2 Å². The maximum absolute atomic E-state index is 12.6. The second-order valence-electron chi connectivity index (χ2n) is 7.46. The molecule has 1 aliphatic heterocycles. The first-order valence-electron chi connectivity index (χ1n) is 9.47. The second kappa shape index (κ2) is 7.20. The molecule has 3 nitrogen and oxygen atoms in total. The molecular formula is C21H26N2OS. The monoisotopic (exact) mass is 354 g/mol. The van der Waals surface area contributed by atoms with Gasteiger partial charge in [-0.2, -0.15) is 0 Å². The zero-order valence-corrected chi connectivity index (χ0v) is 15.7. The minimum Gasteiger partial charge on any atom is -0.372 e. The highest BCUT2D eigenvalue weighted by Crippen LogP contribution is 2.32. The summed E-state index contributed by atoms with van der Waals surface area (Å²) < 4.78 is 0. The highest BCUT2D eigenvalue weighted by Gasteiger charge is 2.20. The van der Waals surface area contributed by atoms with E-state index in [1.165, 1.54) is 41.8 Å². The van der Waals surface area contributed by atoms with Crippen LogP contribution in [0.1, 0.15) is 52.7 Å². The maximum atomic E-state index is 12.6. The molecule has 0 bridgehead atoms. The Kier molecular flexibility index (Phi) is 4.80. The smallest absolute Gasteiger partial charge is 0.265 e. The molecule has 1 aliphatic carbocycles. The van der Waals surface area contributed by atoms with E-state index in [-0.39, 0.29) is 5.91 Å². The molecule has 1 N–H and O–H groups in total. The number of aryl methyl sites for hydroxylation is 1. The number of piperidine rings is 1. The van der Waals surface area contributed by atoms with E-state index in [0.717, 1.165) is 42.4 Å². The van der Waals surface area contributed by atoms with Crippen LogP contribution in [0.4, 0.5) is 11.4 Å². The third-order valence-electron chi connectivity index (χ3n) is 5.40. The highest BCUT2D eigenvalue weighted by molar-refractivity contribution is 7.14. The molecule has 2 aromatic rings. The van der Waals surface area contributed by atoms with E-state index in [2.05, 4.69) is 35.3 Å². The average molecular weight is 355 g/mol. The van der Waals surface area contributed by atoms with Crippen LogP contribution in [0.3, 0.4) is 0 Å². The third-order valence-corrected chi connectivity index (χ3v) is 6.64. The lowest BCUT2D eigenvalue weighted by Gasteiger charge is -2.28. The number of nitrogens with one attached hydrogen (secondary N) is 1. The van der Waals surface area contributed by atoms with Crippen molar-refractivity contribution < 1.29 is 4.79 Å². The van der Waals surface area contributed by atoms with E-state index in [4.69, 9.17) is 0 Å². The summed E-state index contributed by atoms with van der Waals surface area (Å²) in [6.07, 6.45) is 7.38. The van der Waals surface area contributed by atoms with Gasteiger partial charge in [0, 0.05) is 29.3 Å². The number of carbonyl (C=O) groups is 1. The van der Waals surface area contributed by atoms with Gasteiger partial charge in [-0.1, -0.05) is 6.92 Å². The van der Waals surface area contributed by atoms with Crippen molar-refractivity contribution in [2.45, 2.75) is 45.4 Å². The van der Waals surface area contributed by atoms with Crippen LogP contribution in [-0.4, -0.2) is 19.0 Å². The summed E-state index contributed by atoms with van der Waals surface area (Å²) in [5.74, 6) is 0.762. The molecule has 25 heavy (non-hydrogen) atoms. The summed E-state index contributed by atoms with van der Waals surface area (Å²) >= 11 is 1.67. The van der Waals surface area contributed by atoms with Crippen LogP contribution in [0.5, 0.6) is 0 Å². The summed E-state index contributed by atoms with van der Waals surface area (Å²) in [4.78, 5) is 17.3. The summed E-state index contributed by atoms with van der Waals surface area (Å²) in [7, 11) is 0. The fourth-order valence-electron chi connectivity index (χ4n) is 3.92. The molecule has 0 radical (unpaired) electrons. The summed E-state index contributed by atoms with van der Waals surface area (Å²) in [5.41, 5.74) is 3.53. The van der Waals surface area contributed by atoms with Gasteiger partial charge in [-0.05, 0) is 80.3 Å². The molecule has 1 amide bonds. The first kappa shape index (κ1) is 16.6. The first-order chi connectivity index (χ1) is 12.2. The minimum atomic E-state index is 0.0257. The van der Waals surface area contributed by atoms with E-state index in [9.17, 15) is 4.79 Å². The number of carbonyl (C=O) groups excluding carboxylic acids is 1. The number of benzene rings is 1. The van der Waals surface area contributed by atoms with Crippen LogP contribution in [0.15, 0.2) is 30.3 Å². The Morgan fingerprint density at radius 3 is 2.68 bits per heavy atom. The molecule has 0 saturated carbocycles. The largest absolute Gasteiger partial charge is 0.372 e. The average Bonchev–Trinajstić information content (AvgIpc) is 3.06. The Labute approximate surface area is 154 Å². The second-order valence-corrected chi connectivity index (χ2v) is 8.59. The molecule has 1 aromatic carbocycles. The molecule has 2 aliphatic rings. The van der Waals surface area contributed by atoms with Crippen molar-refractivity contribution >= 4 is 28.6 Å². The molecule has 4 rings (SSSR count). The molecular weight excluding hydrogens is 328 g/mol. The Morgan fingerprint density at radius 2 is 1.92 bits per heavy atom. The zero-order chi connectivity index (χ0) is 17.2. The predicted octanol–water partition coefficient (Wildman–Crippen LogP) is 5.12. The van der Waals surface area contributed by atoms with Crippen LogP contribution >= 0.6 is 11.3 Å². The van der Waals surface area contributed by atoms with Gasteiger partial charge in [0.15, 0.2) is 0 Å². The quantitative estimate of drug-likeness (QED) is 0.830. The van der Waals surface area contributed by atoms with E-state index in [0.29, 0.717) is 0 Å². The molecule has 4 heteroatoms. The number of hydrogen-bond acceptors (Lipinski definition) is 3. The van der Waals surface area contributed by atoms with Crippen LogP contribution in [0, 0.1) is 5.92 Å². The highest BCUT2D eigenvalue weighted by atomic mass is 32.1. The van der Waals surface area contributed by atoms with Gasteiger partial charge in [-0.25, -0.2) is 0 Å². The van der Waals surface area contributed by atoms with E-state index in [1.54, 1.807) is 11.3 Å². The predicted molar refractivity (Wildman–Crippen MR) is 106 cm³/mol. The van der Waals surface area contributed by atoms with Crippen LogP contribution in [-0.2, 0) is 12.8 Å². The van der Waals surface area contributed by atoms with Crippen molar-refractivity contribution in [3.63, 3.8) is 0 Å². The minimum absolute atomic E-state index is 0.0257. The Bertz CT molecular complexity index is 744. The maximum Gasteiger partial charge on any atom is 0.265 e. The van der Waals surface area contributed by atoms with Crippen molar-refractivity contribution in [1.82, 2.24) is 0 Å². The lowest BCUT2D eigenvalue weighted by atomic mass is 9.90. The molecule has 0 spiro atoms. The Hall–Kier alpha value is -1.81. The summed E-state index contributed by atoms with van der Waals surface area (Å²) in [6, 6.07) is 10.4. The van der Waals surface area contributed by atoms with Gasteiger partial charge in [0.1, 0.15) is 0 Å². The molecule has 132 valence electrons. The van der Waals surface area contributed by atoms with E-state index >= 15 is 0 Å². The van der Waals surface area contributed by atoms with Crippen molar-refractivity contribution in [1.29, 1.82) is 0 Å². The third kappa shape index (κ3) is 3.74. The number of anilines is 2. The molecule has 1 atom stereocenters. The lowest BCUT2D eigenvalue weighted by molar-refractivity contribution is 0.103. The fourth-order valence-corrected chi connectivity index (χ4v) is 5.02. The molecule has 1 unspecified atom stereocenters. The Balaban J connectivity index is 1.42. The molecule has 2 heterocycles. The Morgan fingerprint density at radius 1 is 1.16 bits per heavy atom. The number of nitrogens with zero attached hydrogens (tertiary/aromatic N) is 1.